The van der Waals surface area contributed by atoms with Crippen LogP contribution < -0.4 is 19.7 Å². The van der Waals surface area contributed by atoms with Crippen molar-refractivity contribution < 1.29 is 19.1 Å². The lowest BCUT2D eigenvalue weighted by Gasteiger charge is -2.17. The highest BCUT2D eigenvalue weighted by atomic mass is 32.1. The summed E-state index contributed by atoms with van der Waals surface area (Å²) in [7, 11) is 3.19. The molecule has 3 aromatic rings. The van der Waals surface area contributed by atoms with Gasteiger partial charge in [0.2, 0.25) is 16.9 Å². The molecule has 8 nitrogen and oxygen atoms in total. The molecule has 1 atom stereocenters. The van der Waals surface area contributed by atoms with Gasteiger partial charge in [-0.05, 0) is 41.8 Å². The lowest BCUT2D eigenvalue weighted by molar-refractivity contribution is -0.122. The molecule has 4 rings (SSSR count). The Balaban J connectivity index is 1.37. The summed E-state index contributed by atoms with van der Waals surface area (Å²) in [6, 6.07) is 13.6. The standard InChI is InChI=1S/C24H26N4O4S/c1-4-15-5-8-18(9-6-15)28-14-17(13-22(28)29)23(30)25-24-27-26-21(33-24)12-16-7-10-19(31-2)20(11-16)32-3/h5-11,17H,4,12-14H2,1-3H3,(H,25,27,30). The third-order valence-electron chi connectivity index (χ3n) is 5.65. The van der Waals surface area contributed by atoms with Gasteiger partial charge in [-0.2, -0.15) is 0 Å². The van der Waals surface area contributed by atoms with Crippen molar-refractivity contribution in [1.82, 2.24) is 10.2 Å². The first-order chi connectivity index (χ1) is 16.0. The van der Waals surface area contributed by atoms with E-state index in [2.05, 4.69) is 22.4 Å². The molecule has 1 saturated heterocycles. The van der Waals surface area contributed by atoms with Crippen molar-refractivity contribution in [2.75, 3.05) is 31.0 Å². The molecule has 1 aliphatic heterocycles. The van der Waals surface area contributed by atoms with Gasteiger partial charge in [0.25, 0.3) is 0 Å². The van der Waals surface area contributed by atoms with Crippen molar-refractivity contribution in [2.45, 2.75) is 26.2 Å². The fourth-order valence-corrected chi connectivity index (χ4v) is 4.57. The lowest BCUT2D eigenvalue weighted by atomic mass is 10.1. The van der Waals surface area contributed by atoms with E-state index in [9.17, 15) is 9.59 Å². The van der Waals surface area contributed by atoms with E-state index in [1.807, 2.05) is 42.5 Å². The number of carbonyl (C=O) groups is 2. The van der Waals surface area contributed by atoms with Crippen LogP contribution in [0.5, 0.6) is 11.5 Å². The summed E-state index contributed by atoms with van der Waals surface area (Å²) in [6.45, 7) is 2.44. The quantitative estimate of drug-likeness (QED) is 0.544. The Kier molecular flexibility index (Phi) is 6.88. The number of carbonyl (C=O) groups excluding carboxylic acids is 2. The SMILES string of the molecule is CCc1ccc(N2CC(C(=O)Nc3nnc(Cc4ccc(OC)c(OC)c4)s3)CC2=O)cc1. The number of amides is 2. The van der Waals surface area contributed by atoms with Crippen molar-refractivity contribution in [3.63, 3.8) is 0 Å². The minimum atomic E-state index is -0.429. The van der Waals surface area contributed by atoms with E-state index in [4.69, 9.17) is 9.47 Å². The number of anilines is 2. The monoisotopic (exact) mass is 466 g/mol. The molecule has 2 heterocycles. The van der Waals surface area contributed by atoms with Crippen molar-refractivity contribution in [1.29, 1.82) is 0 Å². The molecule has 33 heavy (non-hydrogen) atoms. The minimum Gasteiger partial charge on any atom is -0.493 e. The summed E-state index contributed by atoms with van der Waals surface area (Å²) in [6.07, 6.45) is 1.67. The fourth-order valence-electron chi connectivity index (χ4n) is 3.79. The van der Waals surface area contributed by atoms with Gasteiger partial charge in [-0.15, -0.1) is 10.2 Å². The smallest absolute Gasteiger partial charge is 0.231 e. The second kappa shape index (κ2) is 9.99. The molecule has 0 aliphatic carbocycles. The molecule has 0 radical (unpaired) electrons. The van der Waals surface area contributed by atoms with E-state index in [1.165, 1.54) is 16.9 Å². The van der Waals surface area contributed by atoms with Crippen molar-refractivity contribution >= 4 is 34.0 Å². The predicted molar refractivity (Wildman–Crippen MR) is 127 cm³/mol. The molecule has 9 heteroatoms. The maximum absolute atomic E-state index is 12.8. The first kappa shape index (κ1) is 22.7. The Bertz CT molecular complexity index is 1150. The van der Waals surface area contributed by atoms with Crippen LogP contribution in [-0.2, 0) is 22.4 Å². The zero-order valence-electron chi connectivity index (χ0n) is 18.8. The van der Waals surface area contributed by atoms with Crippen LogP contribution in [0.1, 0.15) is 29.5 Å². The number of nitrogens with one attached hydrogen (secondary N) is 1. The highest BCUT2D eigenvalue weighted by Gasteiger charge is 2.35. The molecule has 1 unspecified atom stereocenters. The molecule has 1 fully saturated rings. The summed E-state index contributed by atoms with van der Waals surface area (Å²) in [5, 5.41) is 12.3. The maximum Gasteiger partial charge on any atom is 0.231 e. The summed E-state index contributed by atoms with van der Waals surface area (Å²) < 4.78 is 10.6. The maximum atomic E-state index is 12.8. The number of methoxy groups -OCH3 is 2. The molecule has 0 bridgehead atoms. The third-order valence-corrected chi connectivity index (χ3v) is 6.49. The predicted octanol–water partition coefficient (Wildman–Crippen LogP) is 3.70. The first-order valence-electron chi connectivity index (χ1n) is 10.7. The zero-order valence-corrected chi connectivity index (χ0v) is 19.6. The lowest BCUT2D eigenvalue weighted by Crippen LogP contribution is -2.28. The Hall–Kier alpha value is -3.46. The summed E-state index contributed by atoms with van der Waals surface area (Å²) in [5.41, 5.74) is 3.02. The highest BCUT2D eigenvalue weighted by Crippen LogP contribution is 2.30. The van der Waals surface area contributed by atoms with Crippen LogP contribution >= 0.6 is 11.3 Å². The van der Waals surface area contributed by atoms with Crippen LogP contribution in [0.3, 0.4) is 0 Å². The third kappa shape index (κ3) is 5.14. The van der Waals surface area contributed by atoms with Crippen molar-refractivity contribution in [3.05, 3.63) is 58.6 Å². The van der Waals surface area contributed by atoms with Crippen molar-refractivity contribution in [2.24, 2.45) is 5.92 Å². The van der Waals surface area contributed by atoms with E-state index in [1.54, 1.807) is 19.1 Å². The number of rotatable bonds is 8. The number of aromatic nitrogens is 2. The van der Waals surface area contributed by atoms with Gasteiger partial charge < -0.3 is 19.7 Å². The summed E-state index contributed by atoms with van der Waals surface area (Å²) in [4.78, 5) is 27.0. The van der Waals surface area contributed by atoms with E-state index < -0.39 is 5.92 Å². The van der Waals surface area contributed by atoms with Crippen LogP contribution in [-0.4, -0.2) is 42.8 Å². The van der Waals surface area contributed by atoms with Gasteiger partial charge in [0.1, 0.15) is 5.01 Å². The Morgan fingerprint density at radius 2 is 1.82 bits per heavy atom. The second-order valence-electron chi connectivity index (χ2n) is 7.78. The van der Waals surface area contributed by atoms with Crippen LogP contribution in [0.25, 0.3) is 0 Å². The van der Waals surface area contributed by atoms with E-state index >= 15 is 0 Å². The Labute approximate surface area is 196 Å². The number of benzene rings is 2. The molecule has 1 aliphatic rings. The Morgan fingerprint density at radius 3 is 2.52 bits per heavy atom. The topological polar surface area (TPSA) is 93.7 Å². The molecule has 1 N–H and O–H groups in total. The van der Waals surface area contributed by atoms with E-state index in [0.717, 1.165) is 22.7 Å². The van der Waals surface area contributed by atoms with Gasteiger partial charge in [-0.3, -0.25) is 9.59 Å². The normalized spacial score (nSPS) is 15.5. The number of nitrogens with zero attached hydrogens (tertiary/aromatic N) is 3. The Morgan fingerprint density at radius 1 is 1.09 bits per heavy atom. The number of aryl methyl sites for hydroxylation is 1. The number of hydrogen-bond acceptors (Lipinski definition) is 7. The van der Waals surface area contributed by atoms with Crippen LogP contribution in [0, 0.1) is 5.92 Å². The number of ether oxygens (including phenoxy) is 2. The first-order valence-corrected chi connectivity index (χ1v) is 11.6. The van der Waals surface area contributed by atoms with E-state index in [-0.39, 0.29) is 18.2 Å². The highest BCUT2D eigenvalue weighted by molar-refractivity contribution is 7.15. The molecule has 1 aromatic heterocycles. The number of hydrogen-bond donors (Lipinski definition) is 1. The molecule has 0 saturated carbocycles. The minimum absolute atomic E-state index is 0.0502. The van der Waals surface area contributed by atoms with Gasteiger partial charge in [-0.25, -0.2) is 0 Å². The van der Waals surface area contributed by atoms with Crippen LogP contribution in [0.4, 0.5) is 10.8 Å². The average Bonchev–Trinajstić information content (AvgIpc) is 3.45. The zero-order chi connectivity index (χ0) is 23.4. The molecular formula is C24H26N4O4S. The largest absolute Gasteiger partial charge is 0.493 e. The molecule has 172 valence electrons. The summed E-state index contributed by atoms with van der Waals surface area (Å²) >= 11 is 1.32. The van der Waals surface area contributed by atoms with Gasteiger partial charge in [-0.1, -0.05) is 36.5 Å². The fraction of sp³-hybridized carbons (Fsp3) is 0.333. The molecular weight excluding hydrogens is 440 g/mol. The van der Waals surface area contributed by atoms with Gasteiger partial charge >= 0.3 is 0 Å². The molecule has 2 aromatic carbocycles. The molecule has 0 spiro atoms. The van der Waals surface area contributed by atoms with E-state index in [0.29, 0.717) is 29.6 Å². The average molecular weight is 467 g/mol. The second-order valence-corrected chi connectivity index (χ2v) is 8.84. The van der Waals surface area contributed by atoms with Gasteiger partial charge in [0, 0.05) is 25.1 Å². The van der Waals surface area contributed by atoms with Crippen molar-refractivity contribution in [3.8, 4) is 11.5 Å². The summed E-state index contributed by atoms with van der Waals surface area (Å²) in [5.74, 6) is 0.609. The van der Waals surface area contributed by atoms with Crippen LogP contribution in [0.2, 0.25) is 0 Å². The van der Waals surface area contributed by atoms with Crippen LogP contribution in [0.15, 0.2) is 42.5 Å². The van der Waals surface area contributed by atoms with Gasteiger partial charge in [0.05, 0.1) is 20.1 Å². The van der Waals surface area contributed by atoms with Gasteiger partial charge in [0.15, 0.2) is 11.5 Å². The molecule has 2 amide bonds.